The molecule has 0 aromatic heterocycles. The molecule has 0 spiro atoms. The predicted molar refractivity (Wildman–Crippen MR) is 53.6 cm³/mol. The molecule has 1 rings (SSSR count). The van der Waals surface area contributed by atoms with Crippen molar-refractivity contribution in [3.05, 3.63) is 35.4 Å². The molecular formula is C11H15NO. The Balaban J connectivity index is 2.73. The van der Waals surface area contributed by atoms with Crippen LogP contribution in [0.5, 0.6) is 0 Å². The van der Waals surface area contributed by atoms with Gasteiger partial charge in [0, 0.05) is 5.56 Å². The topological polar surface area (TPSA) is 43.1 Å². The van der Waals surface area contributed by atoms with Gasteiger partial charge in [0.25, 0.3) is 0 Å². The molecule has 0 aliphatic rings. The zero-order valence-corrected chi connectivity index (χ0v) is 7.92. The zero-order valence-electron chi connectivity index (χ0n) is 7.92. The van der Waals surface area contributed by atoms with Crippen molar-refractivity contribution in [3.63, 3.8) is 0 Å². The van der Waals surface area contributed by atoms with Gasteiger partial charge in [0.2, 0.25) is 5.91 Å². The normalized spacial score (nSPS) is 9.92. The molecule has 0 bridgehead atoms. The van der Waals surface area contributed by atoms with Gasteiger partial charge < -0.3 is 5.73 Å². The van der Waals surface area contributed by atoms with E-state index in [1.165, 1.54) is 12.0 Å². The fourth-order valence-corrected chi connectivity index (χ4v) is 1.26. The van der Waals surface area contributed by atoms with E-state index < -0.39 is 0 Å². The van der Waals surface area contributed by atoms with Gasteiger partial charge in [-0.2, -0.15) is 0 Å². The Morgan fingerprint density at radius 2 is 2.23 bits per heavy atom. The number of hydrogen-bond acceptors (Lipinski definition) is 1. The Kier molecular flexibility index (Phi) is 3.50. The molecule has 0 radical (unpaired) electrons. The first-order chi connectivity index (χ1) is 6.24. The molecule has 2 N–H and O–H groups in total. The number of rotatable bonds is 4. The zero-order chi connectivity index (χ0) is 9.68. The number of primary amides is 1. The van der Waals surface area contributed by atoms with Crippen molar-refractivity contribution in [2.75, 3.05) is 0 Å². The van der Waals surface area contributed by atoms with Crippen LogP contribution in [-0.4, -0.2) is 5.91 Å². The fraction of sp³-hybridized carbons (Fsp3) is 0.364. The van der Waals surface area contributed by atoms with Crippen LogP contribution in [0.4, 0.5) is 0 Å². The Bertz CT molecular complexity index is 294. The summed E-state index contributed by atoms with van der Waals surface area (Å²) in [5, 5.41) is 0. The summed E-state index contributed by atoms with van der Waals surface area (Å²) < 4.78 is 0. The van der Waals surface area contributed by atoms with E-state index in [1.54, 1.807) is 6.07 Å². The third-order valence-electron chi connectivity index (χ3n) is 2.03. The quantitative estimate of drug-likeness (QED) is 0.752. The molecule has 0 unspecified atom stereocenters. The molecular weight excluding hydrogens is 162 g/mol. The number of amides is 1. The number of benzene rings is 1. The predicted octanol–water partition coefficient (Wildman–Crippen LogP) is 2.13. The van der Waals surface area contributed by atoms with Gasteiger partial charge in [0.1, 0.15) is 0 Å². The van der Waals surface area contributed by atoms with Gasteiger partial charge in [-0.15, -0.1) is 0 Å². The lowest BCUT2D eigenvalue weighted by Crippen LogP contribution is -2.10. The van der Waals surface area contributed by atoms with Crippen molar-refractivity contribution < 1.29 is 4.79 Å². The molecule has 0 fully saturated rings. The Morgan fingerprint density at radius 3 is 2.85 bits per heavy atom. The van der Waals surface area contributed by atoms with E-state index in [-0.39, 0.29) is 5.91 Å². The van der Waals surface area contributed by atoms with E-state index in [1.807, 2.05) is 18.2 Å². The lowest BCUT2D eigenvalue weighted by Gasteiger charge is -2.01. The summed E-state index contributed by atoms with van der Waals surface area (Å²) in [6.07, 6.45) is 3.35. The smallest absolute Gasteiger partial charge is 0.248 e. The highest BCUT2D eigenvalue weighted by molar-refractivity contribution is 5.92. The van der Waals surface area contributed by atoms with E-state index in [4.69, 9.17) is 5.73 Å². The summed E-state index contributed by atoms with van der Waals surface area (Å²) in [6, 6.07) is 7.53. The molecule has 0 saturated heterocycles. The molecule has 1 aromatic carbocycles. The molecule has 2 nitrogen and oxygen atoms in total. The summed E-state index contributed by atoms with van der Waals surface area (Å²) in [4.78, 5) is 10.8. The third-order valence-corrected chi connectivity index (χ3v) is 2.03. The maximum absolute atomic E-state index is 10.8. The minimum absolute atomic E-state index is 0.349. The first-order valence-corrected chi connectivity index (χ1v) is 4.62. The van der Waals surface area contributed by atoms with Crippen LogP contribution in [0.1, 0.15) is 35.7 Å². The molecule has 13 heavy (non-hydrogen) atoms. The van der Waals surface area contributed by atoms with Crippen molar-refractivity contribution in [3.8, 4) is 0 Å². The van der Waals surface area contributed by atoms with Crippen LogP contribution in [0.2, 0.25) is 0 Å². The van der Waals surface area contributed by atoms with E-state index in [0.29, 0.717) is 5.56 Å². The maximum atomic E-state index is 10.8. The number of aryl methyl sites for hydroxylation is 1. The highest BCUT2D eigenvalue weighted by Gasteiger charge is 2.00. The van der Waals surface area contributed by atoms with E-state index in [0.717, 1.165) is 12.8 Å². The molecule has 0 atom stereocenters. The molecule has 70 valence electrons. The second-order valence-corrected chi connectivity index (χ2v) is 3.17. The Morgan fingerprint density at radius 1 is 1.46 bits per heavy atom. The van der Waals surface area contributed by atoms with Crippen molar-refractivity contribution in [2.45, 2.75) is 26.2 Å². The average Bonchev–Trinajstić information content (AvgIpc) is 2.15. The second kappa shape index (κ2) is 4.65. The van der Waals surface area contributed by atoms with Crippen molar-refractivity contribution in [1.29, 1.82) is 0 Å². The lowest BCUT2D eigenvalue weighted by molar-refractivity contribution is 0.1000. The highest BCUT2D eigenvalue weighted by atomic mass is 16.1. The molecule has 0 saturated carbocycles. The number of carbonyl (C=O) groups excluding carboxylic acids is 1. The molecule has 0 aliphatic carbocycles. The SMILES string of the molecule is CCCCc1cccc(C(N)=O)c1. The van der Waals surface area contributed by atoms with E-state index in [9.17, 15) is 4.79 Å². The van der Waals surface area contributed by atoms with Crippen LogP contribution in [0.15, 0.2) is 24.3 Å². The van der Waals surface area contributed by atoms with E-state index in [2.05, 4.69) is 6.92 Å². The van der Waals surface area contributed by atoms with Crippen molar-refractivity contribution in [1.82, 2.24) is 0 Å². The largest absolute Gasteiger partial charge is 0.366 e. The molecule has 1 amide bonds. The van der Waals surface area contributed by atoms with Crippen LogP contribution in [0.3, 0.4) is 0 Å². The maximum Gasteiger partial charge on any atom is 0.248 e. The number of nitrogens with two attached hydrogens (primary N) is 1. The van der Waals surface area contributed by atoms with Crippen molar-refractivity contribution in [2.24, 2.45) is 5.73 Å². The third kappa shape index (κ3) is 2.90. The van der Waals surface area contributed by atoms with Gasteiger partial charge in [-0.3, -0.25) is 4.79 Å². The van der Waals surface area contributed by atoms with Crippen molar-refractivity contribution >= 4 is 5.91 Å². The first kappa shape index (κ1) is 9.78. The van der Waals surface area contributed by atoms with Crippen LogP contribution in [0, 0.1) is 0 Å². The molecule has 1 aromatic rings. The summed E-state index contributed by atoms with van der Waals surface area (Å²) >= 11 is 0. The van der Waals surface area contributed by atoms with Crippen LogP contribution < -0.4 is 5.73 Å². The van der Waals surface area contributed by atoms with Gasteiger partial charge in [-0.1, -0.05) is 25.5 Å². The monoisotopic (exact) mass is 177 g/mol. The average molecular weight is 177 g/mol. The minimum atomic E-state index is -0.349. The Labute approximate surface area is 78.8 Å². The number of carbonyl (C=O) groups is 1. The number of unbranched alkanes of at least 4 members (excludes halogenated alkanes) is 1. The van der Waals surface area contributed by atoms with Crippen LogP contribution in [0.25, 0.3) is 0 Å². The summed E-state index contributed by atoms with van der Waals surface area (Å²) in [5.74, 6) is -0.349. The standard InChI is InChI=1S/C11H15NO/c1-2-3-5-9-6-4-7-10(8-9)11(12)13/h4,6-8H,2-3,5H2,1H3,(H2,12,13). The van der Waals surface area contributed by atoms with Gasteiger partial charge >= 0.3 is 0 Å². The molecule has 2 heteroatoms. The summed E-state index contributed by atoms with van der Waals surface area (Å²) in [5.41, 5.74) is 6.97. The Hall–Kier alpha value is -1.31. The summed E-state index contributed by atoms with van der Waals surface area (Å²) in [6.45, 7) is 2.15. The van der Waals surface area contributed by atoms with Gasteiger partial charge in [-0.25, -0.2) is 0 Å². The van der Waals surface area contributed by atoms with Gasteiger partial charge in [0.05, 0.1) is 0 Å². The van der Waals surface area contributed by atoms with Gasteiger partial charge in [0.15, 0.2) is 0 Å². The minimum Gasteiger partial charge on any atom is -0.366 e. The second-order valence-electron chi connectivity index (χ2n) is 3.17. The van der Waals surface area contributed by atoms with Gasteiger partial charge in [-0.05, 0) is 30.5 Å². The van der Waals surface area contributed by atoms with Crippen LogP contribution in [-0.2, 0) is 6.42 Å². The van der Waals surface area contributed by atoms with Crippen LogP contribution >= 0.6 is 0 Å². The summed E-state index contributed by atoms with van der Waals surface area (Å²) in [7, 11) is 0. The molecule has 0 heterocycles. The number of hydrogen-bond donors (Lipinski definition) is 1. The van der Waals surface area contributed by atoms with E-state index >= 15 is 0 Å². The fourth-order valence-electron chi connectivity index (χ4n) is 1.26. The highest BCUT2D eigenvalue weighted by Crippen LogP contribution is 2.07. The lowest BCUT2D eigenvalue weighted by atomic mass is 10.1. The molecule has 0 aliphatic heterocycles. The first-order valence-electron chi connectivity index (χ1n) is 4.62.